The molecule has 0 unspecified atom stereocenters. The number of rotatable bonds is 2. The van der Waals surface area contributed by atoms with Gasteiger partial charge in [-0.1, -0.05) is 6.07 Å². The van der Waals surface area contributed by atoms with Crippen molar-refractivity contribution in [3.8, 4) is 11.5 Å². The summed E-state index contributed by atoms with van der Waals surface area (Å²) in [4.78, 5) is 4.18. The summed E-state index contributed by atoms with van der Waals surface area (Å²) >= 11 is 1.87. The molecule has 2 aromatic carbocycles. The number of hydrogen-bond acceptors (Lipinski definition) is 2. The topological polar surface area (TPSA) is 22.1 Å². The van der Waals surface area contributed by atoms with Gasteiger partial charge in [0.25, 0.3) is 0 Å². The fourth-order valence-corrected chi connectivity index (χ4v) is 2.30. The third kappa shape index (κ3) is 2.58. The van der Waals surface area contributed by atoms with Gasteiger partial charge in [-0.15, -0.1) is 0 Å². The van der Waals surface area contributed by atoms with Crippen LogP contribution in [-0.2, 0) is 0 Å². The van der Waals surface area contributed by atoms with Crippen molar-refractivity contribution >= 4 is 33.5 Å². The molecule has 0 spiro atoms. The molecule has 0 saturated heterocycles. The van der Waals surface area contributed by atoms with Crippen molar-refractivity contribution in [2.45, 2.75) is 0 Å². The molecule has 1 heterocycles. The first-order valence-corrected chi connectivity index (χ1v) is 6.88. The van der Waals surface area contributed by atoms with Crippen LogP contribution in [0.3, 0.4) is 0 Å². The zero-order valence-corrected chi connectivity index (χ0v) is 12.3. The normalized spacial score (nSPS) is 10.8. The average Bonchev–Trinajstić information content (AvgIpc) is 2.43. The monoisotopic (exact) mass is 383 g/mol. The molecular weight excluding hydrogens is 375 g/mol. The van der Waals surface area contributed by atoms with Gasteiger partial charge < -0.3 is 4.74 Å². The van der Waals surface area contributed by atoms with Gasteiger partial charge in [0.05, 0.1) is 15.3 Å². The molecule has 3 aromatic rings. The molecule has 0 saturated carbocycles. The Hall–Kier alpha value is -1.76. The standard InChI is InChI=1S/C15H8F2INO/c16-10-4-5-13-9(6-10)7-11(8-19-13)20-14-3-1-2-12(17)15(14)18/h1-8H. The fraction of sp³-hybridized carbons (Fsp3) is 0. The number of pyridine rings is 1. The van der Waals surface area contributed by atoms with Gasteiger partial charge in [-0.25, -0.2) is 8.78 Å². The lowest BCUT2D eigenvalue weighted by Gasteiger charge is -2.08. The van der Waals surface area contributed by atoms with E-state index < -0.39 is 0 Å². The highest BCUT2D eigenvalue weighted by molar-refractivity contribution is 14.1. The summed E-state index contributed by atoms with van der Waals surface area (Å²) in [5.74, 6) is 0.162. The first kappa shape index (κ1) is 13.2. The molecule has 0 atom stereocenters. The van der Waals surface area contributed by atoms with E-state index in [4.69, 9.17) is 4.74 Å². The van der Waals surface area contributed by atoms with Crippen LogP contribution >= 0.6 is 22.6 Å². The Kier molecular flexibility index (Phi) is 3.52. The highest BCUT2D eigenvalue weighted by Crippen LogP contribution is 2.29. The minimum atomic E-state index is -0.345. The molecule has 0 fully saturated rings. The lowest BCUT2D eigenvalue weighted by molar-refractivity contribution is 0.470. The SMILES string of the molecule is Fc1ccc2ncc(Oc3cccc(F)c3I)cc2c1. The van der Waals surface area contributed by atoms with Gasteiger partial charge in [-0.05, 0) is 59.0 Å². The summed E-state index contributed by atoms with van der Waals surface area (Å²) in [5.41, 5.74) is 0.674. The molecule has 2 nitrogen and oxygen atoms in total. The van der Waals surface area contributed by atoms with Gasteiger partial charge in [0.15, 0.2) is 0 Å². The summed E-state index contributed by atoms with van der Waals surface area (Å²) in [6.45, 7) is 0. The third-order valence-electron chi connectivity index (χ3n) is 2.76. The minimum Gasteiger partial charge on any atom is -0.455 e. The zero-order valence-electron chi connectivity index (χ0n) is 10.1. The fourth-order valence-electron chi connectivity index (χ4n) is 1.83. The number of benzene rings is 2. The summed E-state index contributed by atoms with van der Waals surface area (Å²) in [7, 11) is 0. The van der Waals surface area contributed by atoms with Gasteiger partial charge in [0.2, 0.25) is 0 Å². The lowest BCUT2D eigenvalue weighted by atomic mass is 10.2. The molecule has 1 aromatic heterocycles. The van der Waals surface area contributed by atoms with Crippen LogP contribution in [0, 0.1) is 15.2 Å². The van der Waals surface area contributed by atoms with Crippen LogP contribution in [-0.4, -0.2) is 4.98 Å². The van der Waals surface area contributed by atoms with Gasteiger partial charge >= 0.3 is 0 Å². The molecular formula is C15H8F2INO. The Labute approximate surface area is 127 Å². The van der Waals surface area contributed by atoms with Crippen molar-refractivity contribution in [3.63, 3.8) is 0 Å². The summed E-state index contributed by atoms with van der Waals surface area (Å²) < 4.78 is 32.6. The van der Waals surface area contributed by atoms with Crippen molar-refractivity contribution in [1.82, 2.24) is 4.98 Å². The van der Waals surface area contributed by atoms with E-state index in [0.717, 1.165) is 0 Å². The summed E-state index contributed by atoms with van der Waals surface area (Å²) in [5, 5.41) is 0.633. The van der Waals surface area contributed by atoms with Crippen LogP contribution in [0.15, 0.2) is 48.7 Å². The number of ether oxygens (including phenoxy) is 1. The lowest BCUT2D eigenvalue weighted by Crippen LogP contribution is -1.91. The Balaban J connectivity index is 2.00. The molecule has 0 amide bonds. The largest absolute Gasteiger partial charge is 0.455 e. The Morgan fingerprint density at radius 3 is 2.75 bits per heavy atom. The summed E-state index contributed by atoms with van der Waals surface area (Å²) in [6.07, 6.45) is 1.53. The molecule has 0 aliphatic heterocycles. The van der Waals surface area contributed by atoms with Crippen LogP contribution in [0.1, 0.15) is 0 Å². The maximum Gasteiger partial charge on any atom is 0.146 e. The first-order valence-electron chi connectivity index (χ1n) is 5.81. The van der Waals surface area contributed by atoms with E-state index in [0.29, 0.717) is 26.0 Å². The molecule has 20 heavy (non-hydrogen) atoms. The molecule has 5 heteroatoms. The second-order valence-corrected chi connectivity index (χ2v) is 5.24. The predicted octanol–water partition coefficient (Wildman–Crippen LogP) is 4.91. The third-order valence-corrected chi connectivity index (χ3v) is 3.81. The molecule has 100 valence electrons. The van der Waals surface area contributed by atoms with E-state index >= 15 is 0 Å². The molecule has 0 N–H and O–H groups in total. The number of nitrogens with zero attached hydrogens (tertiary/aromatic N) is 1. The second kappa shape index (κ2) is 5.32. The van der Waals surface area contributed by atoms with Crippen molar-refractivity contribution in [2.24, 2.45) is 0 Å². The maximum absolute atomic E-state index is 13.4. The van der Waals surface area contributed by atoms with E-state index in [2.05, 4.69) is 4.98 Å². The Morgan fingerprint density at radius 1 is 1.05 bits per heavy atom. The highest BCUT2D eigenvalue weighted by atomic mass is 127. The number of halogens is 3. The maximum atomic E-state index is 13.4. The average molecular weight is 383 g/mol. The predicted molar refractivity (Wildman–Crippen MR) is 80.9 cm³/mol. The van der Waals surface area contributed by atoms with Crippen LogP contribution in [0.25, 0.3) is 10.9 Å². The van der Waals surface area contributed by atoms with E-state index in [1.807, 2.05) is 22.6 Å². The molecule has 0 bridgehead atoms. The summed E-state index contributed by atoms with van der Waals surface area (Å²) in [6, 6.07) is 10.6. The van der Waals surface area contributed by atoms with E-state index in [9.17, 15) is 8.78 Å². The quantitative estimate of drug-likeness (QED) is 0.587. The molecule has 0 aliphatic carbocycles. The number of hydrogen-bond donors (Lipinski definition) is 0. The number of fused-ring (bicyclic) bond motifs is 1. The Bertz CT molecular complexity index is 792. The van der Waals surface area contributed by atoms with Crippen LogP contribution in [0.2, 0.25) is 0 Å². The van der Waals surface area contributed by atoms with Crippen LogP contribution in [0.4, 0.5) is 8.78 Å². The molecule has 3 rings (SSSR count). The minimum absolute atomic E-state index is 0.336. The van der Waals surface area contributed by atoms with E-state index in [-0.39, 0.29) is 11.6 Å². The number of aromatic nitrogens is 1. The first-order chi connectivity index (χ1) is 9.63. The van der Waals surface area contributed by atoms with Gasteiger partial charge in [0.1, 0.15) is 23.1 Å². The molecule has 0 radical (unpaired) electrons. The smallest absolute Gasteiger partial charge is 0.146 e. The van der Waals surface area contributed by atoms with E-state index in [1.54, 1.807) is 24.3 Å². The van der Waals surface area contributed by atoms with Crippen molar-refractivity contribution in [3.05, 3.63) is 63.9 Å². The van der Waals surface area contributed by atoms with Gasteiger partial charge in [-0.3, -0.25) is 4.98 Å². The van der Waals surface area contributed by atoms with Gasteiger partial charge in [0, 0.05) is 5.39 Å². The molecule has 0 aliphatic rings. The Morgan fingerprint density at radius 2 is 1.90 bits per heavy atom. The van der Waals surface area contributed by atoms with Crippen molar-refractivity contribution in [2.75, 3.05) is 0 Å². The van der Waals surface area contributed by atoms with Crippen LogP contribution in [0.5, 0.6) is 11.5 Å². The van der Waals surface area contributed by atoms with Crippen molar-refractivity contribution < 1.29 is 13.5 Å². The van der Waals surface area contributed by atoms with Crippen molar-refractivity contribution in [1.29, 1.82) is 0 Å². The zero-order chi connectivity index (χ0) is 14.1. The van der Waals surface area contributed by atoms with Crippen LogP contribution < -0.4 is 4.74 Å². The highest BCUT2D eigenvalue weighted by Gasteiger charge is 2.08. The van der Waals surface area contributed by atoms with Gasteiger partial charge in [-0.2, -0.15) is 0 Å². The van der Waals surface area contributed by atoms with E-state index in [1.165, 1.54) is 24.4 Å². The second-order valence-electron chi connectivity index (χ2n) is 4.16.